The maximum absolute atomic E-state index is 13.6. The number of allylic oxidation sites excluding steroid dienone is 2. The molecule has 3 aromatic rings. The van der Waals surface area contributed by atoms with E-state index < -0.39 is 23.2 Å². The van der Waals surface area contributed by atoms with Gasteiger partial charge in [-0.1, -0.05) is 110 Å². The van der Waals surface area contributed by atoms with E-state index in [4.69, 9.17) is 5.73 Å². The number of aliphatic hydroxyl groups is 2. The number of benzene rings is 3. The second kappa shape index (κ2) is 18.4. The summed E-state index contributed by atoms with van der Waals surface area (Å²) in [7, 11) is 0. The fourth-order valence-electron chi connectivity index (χ4n) is 11.3. The molecule has 1 saturated carbocycles. The summed E-state index contributed by atoms with van der Waals surface area (Å²) in [6, 6.07) is 24.0. The van der Waals surface area contributed by atoms with E-state index in [1.807, 2.05) is 42.5 Å². The van der Waals surface area contributed by atoms with Gasteiger partial charge in [0.15, 0.2) is 0 Å². The van der Waals surface area contributed by atoms with E-state index in [1.165, 1.54) is 5.57 Å². The van der Waals surface area contributed by atoms with Crippen molar-refractivity contribution in [1.82, 2.24) is 0 Å². The smallest absolute Gasteiger partial charge is 0.308 e. The average molecular weight is 772 g/mol. The molecule has 0 heterocycles. The predicted molar refractivity (Wildman–Crippen MR) is 226 cm³/mol. The van der Waals surface area contributed by atoms with Gasteiger partial charge in [-0.25, -0.2) is 0 Å². The second-order valence-corrected chi connectivity index (χ2v) is 17.5. The number of carboxylic acid groups (broad SMARTS) is 1. The summed E-state index contributed by atoms with van der Waals surface area (Å²) in [5, 5.41) is 46.0. The number of hydrogen-bond donors (Lipinski definition) is 5. The molecule has 1 fully saturated rings. The van der Waals surface area contributed by atoms with Crippen LogP contribution in [-0.4, -0.2) is 45.8 Å². The number of aliphatic hydroxyl groups excluding tert-OH is 2. The van der Waals surface area contributed by atoms with E-state index in [0.717, 1.165) is 104 Å². The highest BCUT2D eigenvalue weighted by Crippen LogP contribution is 2.54. The maximum Gasteiger partial charge on any atom is 0.308 e. The van der Waals surface area contributed by atoms with Gasteiger partial charge in [0.2, 0.25) is 0 Å². The zero-order valence-electron chi connectivity index (χ0n) is 33.2. The molecular weight excluding hydrogens is 711 g/mol. The Morgan fingerprint density at radius 1 is 0.947 bits per heavy atom. The molecule has 4 aliphatic rings. The molecule has 0 aromatic heterocycles. The van der Waals surface area contributed by atoms with Gasteiger partial charge in [-0.05, 0) is 128 Å². The summed E-state index contributed by atoms with van der Waals surface area (Å²) in [4.78, 5) is 25.7. The summed E-state index contributed by atoms with van der Waals surface area (Å²) in [6.07, 6.45) is 21.0. The van der Waals surface area contributed by atoms with Gasteiger partial charge in [-0.15, -0.1) is 0 Å². The molecule has 0 radical (unpaired) electrons. The summed E-state index contributed by atoms with van der Waals surface area (Å²) in [5.74, 6) is -1.26. The number of carboxylic acids is 1. The Morgan fingerprint density at radius 3 is 2.54 bits per heavy atom. The Bertz CT molecular complexity index is 2050. The van der Waals surface area contributed by atoms with Crippen LogP contribution in [0, 0.1) is 41.4 Å². The van der Waals surface area contributed by atoms with Crippen LogP contribution in [0.2, 0.25) is 0 Å². The van der Waals surface area contributed by atoms with Crippen molar-refractivity contribution in [3.8, 4) is 5.75 Å². The van der Waals surface area contributed by atoms with Gasteiger partial charge in [0, 0.05) is 28.4 Å². The fourth-order valence-corrected chi connectivity index (χ4v) is 11.3. The molecule has 1 spiro atoms. The summed E-state index contributed by atoms with van der Waals surface area (Å²) < 4.78 is 0. The molecule has 302 valence electrons. The second-order valence-electron chi connectivity index (χ2n) is 17.5. The number of aldehydes is 1. The summed E-state index contributed by atoms with van der Waals surface area (Å²) in [5.41, 5.74) is 9.61. The number of hydrogen-bond acceptors (Lipinski definition) is 6. The summed E-state index contributed by atoms with van der Waals surface area (Å²) >= 11 is 0. The van der Waals surface area contributed by atoms with Crippen molar-refractivity contribution in [2.45, 2.75) is 94.8 Å². The van der Waals surface area contributed by atoms with Gasteiger partial charge in [0.25, 0.3) is 0 Å². The lowest BCUT2D eigenvalue weighted by Crippen LogP contribution is -2.51. The molecule has 9 atom stereocenters. The zero-order valence-corrected chi connectivity index (χ0v) is 33.2. The van der Waals surface area contributed by atoms with Crippen molar-refractivity contribution < 1.29 is 30.0 Å². The van der Waals surface area contributed by atoms with Crippen molar-refractivity contribution in [1.29, 1.82) is 0 Å². The van der Waals surface area contributed by atoms with E-state index in [-0.39, 0.29) is 41.9 Å². The van der Waals surface area contributed by atoms with Gasteiger partial charge in [0.1, 0.15) is 17.8 Å². The van der Waals surface area contributed by atoms with Gasteiger partial charge in [0.05, 0.1) is 12.5 Å². The van der Waals surface area contributed by atoms with Crippen molar-refractivity contribution in [3.05, 3.63) is 124 Å². The molecule has 0 aliphatic heterocycles. The zero-order chi connectivity index (χ0) is 39.9. The topological polar surface area (TPSA) is 141 Å². The van der Waals surface area contributed by atoms with Crippen molar-refractivity contribution in [2.75, 3.05) is 13.2 Å². The lowest BCUT2D eigenvalue weighted by atomic mass is 9.53. The maximum atomic E-state index is 13.6. The Balaban J connectivity index is 1.18. The normalized spacial score (nSPS) is 29.5. The molecule has 7 heteroatoms. The van der Waals surface area contributed by atoms with Crippen LogP contribution in [0.3, 0.4) is 0 Å². The average Bonchev–Trinajstić information content (AvgIpc) is 3.69. The van der Waals surface area contributed by atoms with Crippen molar-refractivity contribution in [2.24, 2.45) is 47.2 Å². The number of phenols is 1. The van der Waals surface area contributed by atoms with Crippen LogP contribution >= 0.6 is 0 Å². The fraction of sp³-hybridized carbons (Fsp3) is 0.480. The lowest BCUT2D eigenvalue weighted by molar-refractivity contribution is -0.148. The number of carbonyl (C=O) groups excluding carboxylic acids is 1. The van der Waals surface area contributed by atoms with E-state index in [1.54, 1.807) is 12.1 Å². The molecule has 3 aromatic carbocycles. The van der Waals surface area contributed by atoms with E-state index in [9.17, 15) is 30.0 Å². The number of nitrogens with two attached hydrogens (primary N) is 1. The van der Waals surface area contributed by atoms with Crippen molar-refractivity contribution in [3.63, 3.8) is 0 Å². The third-order valence-electron chi connectivity index (χ3n) is 14.2. The Labute approximate surface area is 337 Å². The highest BCUT2D eigenvalue weighted by Gasteiger charge is 2.53. The minimum atomic E-state index is -0.921. The first-order chi connectivity index (χ1) is 27.7. The minimum absolute atomic E-state index is 0.0476. The van der Waals surface area contributed by atoms with Gasteiger partial charge < -0.3 is 31.0 Å². The number of aliphatic carboxylic acids is 1. The van der Waals surface area contributed by atoms with E-state index >= 15 is 0 Å². The molecule has 6 N–H and O–H groups in total. The largest absolute Gasteiger partial charge is 0.511 e. The van der Waals surface area contributed by atoms with Crippen LogP contribution in [-0.2, 0) is 21.4 Å². The number of fused-ring (bicyclic) bond motifs is 5. The number of aromatic hydroxyl groups is 1. The lowest BCUT2D eigenvalue weighted by Gasteiger charge is -2.49. The quantitative estimate of drug-likeness (QED) is 0.0677. The van der Waals surface area contributed by atoms with E-state index in [0.29, 0.717) is 31.1 Å². The highest BCUT2D eigenvalue weighted by molar-refractivity contribution is 5.74. The molecule has 0 unspecified atom stereocenters. The Morgan fingerprint density at radius 2 is 1.77 bits per heavy atom. The van der Waals surface area contributed by atoms with Gasteiger partial charge in [-0.2, -0.15) is 0 Å². The number of rotatable bonds is 13. The first-order valence-corrected chi connectivity index (χ1v) is 21.5. The third kappa shape index (κ3) is 8.85. The molecule has 7 nitrogen and oxygen atoms in total. The van der Waals surface area contributed by atoms with Crippen LogP contribution in [0.15, 0.2) is 96.6 Å². The molecule has 0 saturated heterocycles. The highest BCUT2D eigenvalue weighted by atomic mass is 16.4. The van der Waals surface area contributed by atoms with Crippen LogP contribution in [0.4, 0.5) is 0 Å². The molecule has 57 heavy (non-hydrogen) atoms. The monoisotopic (exact) mass is 771 g/mol. The van der Waals surface area contributed by atoms with E-state index in [2.05, 4.69) is 42.5 Å². The SMILES string of the molecule is NCCC1=C[C@@H]([C@@H](C=O)CCCCC[C@@H]2C/C=C\[C@H](CO)[C@H](C(=O)O)[C@@]3(CC[C@@H]4C=c5ccccc5=C(O)[C@@H]4C3)c3cccc(c3)C[C@@H]2c2ccc(O)cc2)CC1. The van der Waals surface area contributed by atoms with Gasteiger partial charge in [-0.3, -0.25) is 4.79 Å². The van der Waals surface area contributed by atoms with Crippen LogP contribution in [0.5, 0.6) is 5.75 Å². The Kier molecular flexibility index (Phi) is 13.2. The summed E-state index contributed by atoms with van der Waals surface area (Å²) in [6.45, 7) is 0.361. The minimum Gasteiger partial charge on any atom is -0.511 e. The number of unbranched alkanes of at least 4 members (excludes halogenated alkanes) is 2. The van der Waals surface area contributed by atoms with Crippen molar-refractivity contribution >= 4 is 24.1 Å². The molecule has 4 aliphatic carbocycles. The first kappa shape index (κ1) is 40.7. The third-order valence-corrected chi connectivity index (χ3v) is 14.2. The standard InChI is InChI=1S/C50H61NO6/c51-25-23-33-16-17-37(26-33)40(31-52)11-3-1-2-9-35-12-7-13-41(32-53)47(49(56)57)50(24-22-39-29-38-10-4-5-15-44(38)48(55)46(39)30-50)42-14-6-8-34(27-42)28-45(35)36-18-20-43(54)21-19-36/h4-8,10,13-15,18-21,26-27,29,31,35,37,39-41,45-47,53-55H,1-3,9,11-12,16-17,22-25,28,30,32,51H2,(H,56,57)/b13-7-/t35-,37+,39-,40-,41-,45+,46-,47-,50-/m1/s1. The van der Waals surface area contributed by atoms with Crippen LogP contribution < -0.4 is 16.2 Å². The number of carbonyl (C=O) groups is 2. The Hall–Kier alpha value is -4.46. The van der Waals surface area contributed by atoms with Gasteiger partial charge >= 0.3 is 5.97 Å². The van der Waals surface area contributed by atoms with Crippen LogP contribution in [0.1, 0.15) is 99.7 Å². The predicted octanol–water partition coefficient (Wildman–Crippen LogP) is 7.87. The molecule has 2 bridgehead atoms. The first-order valence-electron chi connectivity index (χ1n) is 21.5. The number of phenolic OH excluding ortho intramolecular Hbond substituents is 1. The molecule has 0 amide bonds. The molecular formula is C50H61NO6. The van der Waals surface area contributed by atoms with Crippen LogP contribution in [0.25, 0.3) is 11.8 Å². The molecule has 7 rings (SSSR count).